The van der Waals surface area contributed by atoms with Gasteiger partial charge in [-0.15, -0.1) is 0 Å². The molecular formula is C16H21N3. The Morgan fingerprint density at radius 1 is 1.26 bits per heavy atom. The predicted molar refractivity (Wildman–Crippen MR) is 78.1 cm³/mol. The lowest BCUT2D eigenvalue weighted by Crippen LogP contribution is -2.36. The Kier molecular flexibility index (Phi) is 3.38. The Bertz CT molecular complexity index is 541. The van der Waals surface area contributed by atoms with Crippen molar-refractivity contribution in [3.05, 3.63) is 42.4 Å². The van der Waals surface area contributed by atoms with E-state index in [-0.39, 0.29) is 0 Å². The van der Waals surface area contributed by atoms with E-state index in [2.05, 4.69) is 53.0 Å². The first-order valence-corrected chi connectivity index (χ1v) is 7.06. The third-order valence-corrected chi connectivity index (χ3v) is 4.00. The Hall–Kier alpha value is -1.61. The summed E-state index contributed by atoms with van der Waals surface area (Å²) >= 11 is 0. The zero-order chi connectivity index (χ0) is 13.2. The number of nitrogens with one attached hydrogen (secondary N) is 1. The second-order valence-corrected chi connectivity index (χ2v) is 5.59. The summed E-state index contributed by atoms with van der Waals surface area (Å²) in [6, 6.07) is 9.86. The highest BCUT2D eigenvalue weighted by Gasteiger charge is 2.21. The lowest BCUT2D eigenvalue weighted by Gasteiger charge is -2.30. The Labute approximate surface area is 114 Å². The molecule has 100 valence electrons. The van der Waals surface area contributed by atoms with E-state index in [1.54, 1.807) is 0 Å². The highest BCUT2D eigenvalue weighted by Crippen LogP contribution is 2.28. The minimum Gasteiger partial charge on any atom is -0.327 e. The van der Waals surface area contributed by atoms with Gasteiger partial charge in [-0.3, -0.25) is 0 Å². The number of hydrogen-bond donors (Lipinski definition) is 1. The molecule has 2 aromatic rings. The number of imidazole rings is 1. The van der Waals surface area contributed by atoms with Crippen LogP contribution in [0.5, 0.6) is 0 Å². The second kappa shape index (κ2) is 5.17. The van der Waals surface area contributed by atoms with Crippen molar-refractivity contribution < 1.29 is 0 Å². The number of aryl methyl sites for hydroxylation is 1. The number of nitrogens with zero attached hydrogens (tertiary/aromatic N) is 2. The number of rotatable bonds is 2. The molecule has 2 unspecified atom stereocenters. The summed E-state index contributed by atoms with van der Waals surface area (Å²) in [6.07, 6.45) is 6.32. The Morgan fingerprint density at radius 2 is 2.05 bits per heavy atom. The molecule has 1 N–H and O–H groups in total. The van der Waals surface area contributed by atoms with E-state index in [9.17, 15) is 0 Å². The van der Waals surface area contributed by atoms with E-state index in [0.29, 0.717) is 12.1 Å². The van der Waals surface area contributed by atoms with Gasteiger partial charge in [-0.05, 0) is 38.8 Å². The van der Waals surface area contributed by atoms with Crippen LogP contribution in [0.4, 0.5) is 0 Å². The monoisotopic (exact) mass is 255 g/mol. The summed E-state index contributed by atoms with van der Waals surface area (Å²) in [5.41, 5.74) is 3.79. The normalized spacial score (nSPS) is 23.5. The van der Waals surface area contributed by atoms with Crippen LogP contribution < -0.4 is 5.32 Å². The number of benzene rings is 1. The van der Waals surface area contributed by atoms with Gasteiger partial charge in [-0.25, -0.2) is 4.98 Å². The van der Waals surface area contributed by atoms with Crippen LogP contribution in [0.25, 0.3) is 11.3 Å². The van der Waals surface area contributed by atoms with Gasteiger partial charge in [-0.1, -0.05) is 29.8 Å². The van der Waals surface area contributed by atoms with Crippen molar-refractivity contribution in [2.75, 3.05) is 6.54 Å². The standard InChI is InChI=1S/C16H21N3/c1-12-3-5-14(6-4-12)16-10-17-11-19(16)15-7-8-18-13(2)9-15/h3-6,10-11,13,15,18H,7-9H2,1-2H3. The number of hydrogen-bond acceptors (Lipinski definition) is 2. The molecule has 0 aliphatic carbocycles. The van der Waals surface area contributed by atoms with Crippen molar-refractivity contribution in [1.82, 2.24) is 14.9 Å². The highest BCUT2D eigenvalue weighted by molar-refractivity contribution is 5.59. The molecule has 0 amide bonds. The average Bonchev–Trinajstić information content (AvgIpc) is 2.89. The van der Waals surface area contributed by atoms with E-state index in [4.69, 9.17) is 0 Å². The van der Waals surface area contributed by atoms with Crippen molar-refractivity contribution in [2.24, 2.45) is 0 Å². The van der Waals surface area contributed by atoms with Gasteiger partial charge in [-0.2, -0.15) is 0 Å². The van der Waals surface area contributed by atoms with E-state index >= 15 is 0 Å². The molecule has 2 atom stereocenters. The molecule has 0 bridgehead atoms. The minimum atomic E-state index is 0.565. The maximum Gasteiger partial charge on any atom is 0.0953 e. The lowest BCUT2D eigenvalue weighted by atomic mass is 9.99. The molecule has 1 fully saturated rings. The summed E-state index contributed by atoms with van der Waals surface area (Å²) < 4.78 is 2.35. The fraction of sp³-hybridized carbons (Fsp3) is 0.438. The summed E-state index contributed by atoms with van der Waals surface area (Å²) in [4.78, 5) is 4.36. The highest BCUT2D eigenvalue weighted by atomic mass is 15.1. The van der Waals surface area contributed by atoms with Gasteiger partial charge in [0.05, 0.1) is 18.2 Å². The molecule has 1 aliphatic rings. The fourth-order valence-electron chi connectivity index (χ4n) is 2.90. The maximum atomic E-state index is 4.36. The van der Waals surface area contributed by atoms with Gasteiger partial charge < -0.3 is 9.88 Å². The molecule has 3 rings (SSSR count). The maximum absolute atomic E-state index is 4.36. The molecule has 1 aromatic carbocycles. The number of aromatic nitrogens is 2. The molecular weight excluding hydrogens is 234 g/mol. The van der Waals surface area contributed by atoms with Crippen LogP contribution in [0.1, 0.15) is 31.4 Å². The van der Waals surface area contributed by atoms with Crippen LogP contribution in [0.15, 0.2) is 36.8 Å². The lowest BCUT2D eigenvalue weighted by molar-refractivity contribution is 0.315. The SMILES string of the molecule is Cc1ccc(-c2cncn2C2CCNC(C)C2)cc1. The molecule has 1 aliphatic heterocycles. The van der Waals surface area contributed by atoms with Crippen LogP contribution in [0, 0.1) is 6.92 Å². The summed E-state index contributed by atoms with van der Waals surface area (Å²) in [5.74, 6) is 0. The van der Waals surface area contributed by atoms with Crippen LogP contribution >= 0.6 is 0 Å². The first-order chi connectivity index (χ1) is 9.24. The third-order valence-electron chi connectivity index (χ3n) is 4.00. The third kappa shape index (κ3) is 2.56. The largest absolute Gasteiger partial charge is 0.327 e. The molecule has 1 aromatic heterocycles. The predicted octanol–water partition coefficient (Wildman–Crippen LogP) is 3.17. The van der Waals surface area contributed by atoms with Gasteiger partial charge in [0.2, 0.25) is 0 Å². The van der Waals surface area contributed by atoms with Crippen LogP contribution in [0.3, 0.4) is 0 Å². The van der Waals surface area contributed by atoms with Crippen molar-refractivity contribution >= 4 is 0 Å². The van der Waals surface area contributed by atoms with Crippen molar-refractivity contribution in [2.45, 2.75) is 38.8 Å². The van der Waals surface area contributed by atoms with E-state index in [1.165, 1.54) is 29.7 Å². The van der Waals surface area contributed by atoms with Gasteiger partial charge in [0.15, 0.2) is 0 Å². The van der Waals surface area contributed by atoms with E-state index in [0.717, 1.165) is 6.54 Å². The first-order valence-electron chi connectivity index (χ1n) is 7.06. The minimum absolute atomic E-state index is 0.565. The average molecular weight is 255 g/mol. The summed E-state index contributed by atoms with van der Waals surface area (Å²) in [6.45, 7) is 5.47. The van der Waals surface area contributed by atoms with Crippen molar-refractivity contribution in [3.8, 4) is 11.3 Å². The molecule has 3 nitrogen and oxygen atoms in total. The molecule has 19 heavy (non-hydrogen) atoms. The fourth-order valence-corrected chi connectivity index (χ4v) is 2.90. The quantitative estimate of drug-likeness (QED) is 0.893. The molecule has 0 saturated carbocycles. The smallest absolute Gasteiger partial charge is 0.0953 e. The van der Waals surface area contributed by atoms with Crippen LogP contribution in [-0.4, -0.2) is 22.1 Å². The molecule has 1 saturated heterocycles. The van der Waals surface area contributed by atoms with Gasteiger partial charge in [0, 0.05) is 12.1 Å². The Balaban J connectivity index is 1.91. The zero-order valence-corrected chi connectivity index (χ0v) is 11.6. The van der Waals surface area contributed by atoms with Gasteiger partial charge >= 0.3 is 0 Å². The van der Waals surface area contributed by atoms with E-state index < -0.39 is 0 Å². The van der Waals surface area contributed by atoms with Crippen LogP contribution in [-0.2, 0) is 0 Å². The van der Waals surface area contributed by atoms with E-state index in [1.807, 2.05) is 12.5 Å². The zero-order valence-electron chi connectivity index (χ0n) is 11.6. The summed E-state index contributed by atoms with van der Waals surface area (Å²) in [5, 5.41) is 3.51. The van der Waals surface area contributed by atoms with Gasteiger partial charge in [0.25, 0.3) is 0 Å². The molecule has 0 spiro atoms. The Morgan fingerprint density at radius 3 is 2.79 bits per heavy atom. The van der Waals surface area contributed by atoms with Crippen LogP contribution in [0.2, 0.25) is 0 Å². The van der Waals surface area contributed by atoms with Crippen molar-refractivity contribution in [3.63, 3.8) is 0 Å². The first kappa shape index (κ1) is 12.4. The topological polar surface area (TPSA) is 29.9 Å². The van der Waals surface area contributed by atoms with Crippen molar-refractivity contribution in [1.29, 1.82) is 0 Å². The number of piperidine rings is 1. The van der Waals surface area contributed by atoms with Gasteiger partial charge in [0.1, 0.15) is 0 Å². The molecule has 0 radical (unpaired) electrons. The molecule has 2 heterocycles. The molecule has 3 heteroatoms. The summed E-state index contributed by atoms with van der Waals surface area (Å²) in [7, 11) is 0. The second-order valence-electron chi connectivity index (χ2n) is 5.59.